The van der Waals surface area contributed by atoms with E-state index < -0.39 is 11.7 Å². The Morgan fingerprint density at radius 1 is 1.19 bits per heavy atom. The molecule has 1 aliphatic carbocycles. The molecular weight excluding hydrogens is 277 g/mol. The molecule has 1 atom stereocenters. The highest BCUT2D eigenvalue weighted by Crippen LogP contribution is 2.33. The second kappa shape index (κ2) is 6.79. The van der Waals surface area contributed by atoms with Crippen molar-refractivity contribution in [1.29, 1.82) is 0 Å². The Bertz CT molecular complexity index is 436. The number of hydrogen-bond donors (Lipinski definition) is 1. The number of benzene rings is 1. The highest BCUT2D eigenvalue weighted by molar-refractivity contribution is 5.27. The summed E-state index contributed by atoms with van der Waals surface area (Å²) in [6, 6.07) is 5.95. The zero-order chi connectivity index (χ0) is 15.5. The molecule has 0 bridgehead atoms. The van der Waals surface area contributed by atoms with Crippen LogP contribution in [0, 0.1) is 0 Å². The molecule has 0 spiro atoms. The summed E-state index contributed by atoms with van der Waals surface area (Å²) in [5, 5.41) is 0. The Morgan fingerprint density at radius 3 is 2.19 bits per heavy atom. The average molecular weight is 300 g/mol. The first kappa shape index (κ1) is 16.3. The first-order valence-electron chi connectivity index (χ1n) is 7.60. The van der Waals surface area contributed by atoms with Crippen LogP contribution in [0.5, 0.6) is 0 Å². The predicted octanol–water partition coefficient (Wildman–Crippen LogP) is 3.97. The topological polar surface area (TPSA) is 29.3 Å². The van der Waals surface area contributed by atoms with E-state index >= 15 is 0 Å². The molecule has 1 saturated carbocycles. The van der Waals surface area contributed by atoms with E-state index in [1.807, 2.05) is 0 Å². The monoisotopic (exact) mass is 300 g/mol. The van der Waals surface area contributed by atoms with Crippen molar-refractivity contribution in [2.75, 3.05) is 13.1 Å². The fourth-order valence-electron chi connectivity index (χ4n) is 3.33. The molecule has 0 aromatic heterocycles. The molecule has 21 heavy (non-hydrogen) atoms. The van der Waals surface area contributed by atoms with Gasteiger partial charge in [-0.05, 0) is 37.1 Å². The van der Waals surface area contributed by atoms with E-state index in [9.17, 15) is 13.2 Å². The van der Waals surface area contributed by atoms with Gasteiger partial charge in [0, 0.05) is 18.6 Å². The van der Waals surface area contributed by atoms with Gasteiger partial charge in [0.25, 0.3) is 0 Å². The van der Waals surface area contributed by atoms with Crippen molar-refractivity contribution in [3.8, 4) is 0 Å². The van der Waals surface area contributed by atoms with Gasteiger partial charge in [0.1, 0.15) is 0 Å². The molecule has 0 aliphatic heterocycles. The molecule has 1 aromatic carbocycles. The predicted molar refractivity (Wildman–Crippen MR) is 77.9 cm³/mol. The summed E-state index contributed by atoms with van der Waals surface area (Å²) in [7, 11) is 0. The number of alkyl halides is 3. The molecule has 1 aromatic rings. The highest BCUT2D eigenvalue weighted by atomic mass is 19.4. The molecular formula is C16H23F3N2. The van der Waals surface area contributed by atoms with E-state index in [4.69, 9.17) is 5.73 Å². The van der Waals surface area contributed by atoms with Crippen molar-refractivity contribution in [2.45, 2.75) is 50.9 Å². The van der Waals surface area contributed by atoms with E-state index in [1.165, 1.54) is 12.8 Å². The molecule has 0 radical (unpaired) electrons. The summed E-state index contributed by atoms with van der Waals surface area (Å²) in [4.78, 5) is 2.34. The van der Waals surface area contributed by atoms with Gasteiger partial charge in [-0.3, -0.25) is 4.90 Å². The minimum atomic E-state index is -4.29. The van der Waals surface area contributed by atoms with Gasteiger partial charge in [-0.15, -0.1) is 0 Å². The molecule has 2 rings (SSSR count). The molecule has 5 heteroatoms. The van der Waals surface area contributed by atoms with Crippen molar-refractivity contribution >= 4 is 0 Å². The molecule has 118 valence electrons. The Hall–Kier alpha value is -1.07. The van der Waals surface area contributed by atoms with Crippen LogP contribution >= 0.6 is 0 Å². The summed E-state index contributed by atoms with van der Waals surface area (Å²) < 4.78 is 37.9. The second-order valence-electron chi connectivity index (χ2n) is 5.64. The average Bonchev–Trinajstić information content (AvgIpc) is 2.97. The zero-order valence-electron chi connectivity index (χ0n) is 12.4. The first-order valence-corrected chi connectivity index (χ1v) is 7.60. The van der Waals surface area contributed by atoms with Crippen LogP contribution in [0.25, 0.3) is 0 Å². The summed E-state index contributed by atoms with van der Waals surface area (Å²) in [5.41, 5.74) is 6.18. The molecule has 1 unspecified atom stereocenters. The number of hydrogen-bond acceptors (Lipinski definition) is 2. The fourth-order valence-corrected chi connectivity index (χ4v) is 3.33. The minimum Gasteiger partial charge on any atom is -0.329 e. The smallest absolute Gasteiger partial charge is 0.329 e. The van der Waals surface area contributed by atoms with Gasteiger partial charge in [-0.25, -0.2) is 0 Å². The summed E-state index contributed by atoms with van der Waals surface area (Å²) in [5.74, 6) is 0. The van der Waals surface area contributed by atoms with Crippen LogP contribution in [0.1, 0.15) is 49.8 Å². The van der Waals surface area contributed by atoms with Crippen LogP contribution in [0.15, 0.2) is 24.3 Å². The zero-order valence-corrected chi connectivity index (χ0v) is 12.4. The number of nitrogens with zero attached hydrogens (tertiary/aromatic N) is 1. The summed E-state index contributed by atoms with van der Waals surface area (Å²) >= 11 is 0. The molecule has 0 saturated heterocycles. The van der Waals surface area contributed by atoms with Crippen LogP contribution in [-0.4, -0.2) is 24.0 Å². The van der Waals surface area contributed by atoms with Crippen LogP contribution in [0.2, 0.25) is 0 Å². The third-order valence-electron chi connectivity index (χ3n) is 4.41. The Kier molecular flexibility index (Phi) is 5.27. The summed E-state index contributed by atoms with van der Waals surface area (Å²) in [6.45, 7) is 3.38. The molecule has 1 fully saturated rings. The van der Waals surface area contributed by atoms with E-state index in [0.29, 0.717) is 12.6 Å². The largest absolute Gasteiger partial charge is 0.416 e. The van der Waals surface area contributed by atoms with Gasteiger partial charge in [-0.2, -0.15) is 13.2 Å². The maximum absolute atomic E-state index is 12.6. The van der Waals surface area contributed by atoms with Gasteiger partial charge >= 0.3 is 6.18 Å². The van der Waals surface area contributed by atoms with Crippen molar-refractivity contribution in [3.05, 3.63) is 35.4 Å². The Balaban J connectivity index is 2.19. The fraction of sp³-hybridized carbons (Fsp3) is 0.625. The van der Waals surface area contributed by atoms with Crippen LogP contribution in [-0.2, 0) is 6.18 Å². The van der Waals surface area contributed by atoms with Crippen molar-refractivity contribution in [3.63, 3.8) is 0 Å². The third kappa shape index (κ3) is 3.77. The normalized spacial score (nSPS) is 18.4. The molecule has 2 nitrogen and oxygen atoms in total. The second-order valence-corrected chi connectivity index (χ2v) is 5.64. The van der Waals surface area contributed by atoms with Crippen molar-refractivity contribution < 1.29 is 13.2 Å². The standard InChI is InChI=1S/C16H23F3N2/c1-2-21(14-5-3-4-6-14)15(11-20)12-7-9-13(10-8-12)16(17,18)19/h7-10,14-15H,2-6,11,20H2,1H3. The number of likely N-dealkylation sites (N-methyl/N-ethyl adjacent to an activating group) is 1. The Labute approximate surface area is 124 Å². The number of rotatable bonds is 5. The Morgan fingerprint density at radius 2 is 1.76 bits per heavy atom. The lowest BCUT2D eigenvalue weighted by Gasteiger charge is -2.35. The van der Waals surface area contributed by atoms with Gasteiger partial charge < -0.3 is 5.73 Å². The van der Waals surface area contributed by atoms with Crippen molar-refractivity contribution in [2.24, 2.45) is 5.73 Å². The lowest BCUT2D eigenvalue weighted by atomic mass is 10.0. The number of nitrogens with two attached hydrogens (primary N) is 1. The lowest BCUT2D eigenvalue weighted by molar-refractivity contribution is -0.137. The SMILES string of the molecule is CCN(C1CCCC1)C(CN)c1ccc(C(F)(F)F)cc1. The van der Waals surface area contributed by atoms with Gasteiger partial charge in [0.2, 0.25) is 0 Å². The first-order chi connectivity index (χ1) is 9.97. The van der Waals surface area contributed by atoms with E-state index in [1.54, 1.807) is 12.1 Å². The molecule has 0 amide bonds. The molecule has 2 N–H and O–H groups in total. The van der Waals surface area contributed by atoms with Crippen LogP contribution < -0.4 is 5.73 Å². The van der Waals surface area contributed by atoms with Gasteiger partial charge in [0.05, 0.1) is 5.56 Å². The van der Waals surface area contributed by atoms with E-state index in [2.05, 4.69) is 11.8 Å². The third-order valence-corrected chi connectivity index (χ3v) is 4.41. The van der Waals surface area contributed by atoms with Gasteiger partial charge in [-0.1, -0.05) is 31.9 Å². The maximum atomic E-state index is 12.6. The van der Waals surface area contributed by atoms with Gasteiger partial charge in [0.15, 0.2) is 0 Å². The quantitative estimate of drug-likeness (QED) is 0.891. The molecule has 0 heterocycles. The number of halogens is 3. The van der Waals surface area contributed by atoms with E-state index in [0.717, 1.165) is 37.1 Å². The molecule has 1 aliphatic rings. The van der Waals surface area contributed by atoms with Crippen LogP contribution in [0.4, 0.5) is 13.2 Å². The van der Waals surface area contributed by atoms with E-state index in [-0.39, 0.29) is 6.04 Å². The van der Waals surface area contributed by atoms with Crippen LogP contribution in [0.3, 0.4) is 0 Å². The lowest BCUT2D eigenvalue weighted by Crippen LogP contribution is -2.40. The minimum absolute atomic E-state index is 0.000355. The van der Waals surface area contributed by atoms with Crippen molar-refractivity contribution in [1.82, 2.24) is 4.90 Å². The summed E-state index contributed by atoms with van der Waals surface area (Å²) in [6.07, 6.45) is 0.486. The maximum Gasteiger partial charge on any atom is 0.416 e. The highest BCUT2D eigenvalue weighted by Gasteiger charge is 2.31.